The summed E-state index contributed by atoms with van der Waals surface area (Å²) in [5.74, 6) is 2.78. The van der Waals surface area contributed by atoms with E-state index >= 15 is 0 Å². The normalized spacial score (nSPS) is 24.9. The van der Waals surface area contributed by atoms with Crippen LogP contribution in [0.1, 0.15) is 65.5 Å². The van der Waals surface area contributed by atoms with E-state index in [1.165, 1.54) is 37.8 Å². The highest BCUT2D eigenvalue weighted by molar-refractivity contribution is 5.77. The van der Waals surface area contributed by atoms with Gasteiger partial charge < -0.3 is 14.6 Å². The number of fused-ring (bicyclic) bond motifs is 2. The van der Waals surface area contributed by atoms with Crippen molar-refractivity contribution in [3.05, 3.63) is 24.3 Å². The average molecular weight is 413 g/mol. The predicted molar refractivity (Wildman–Crippen MR) is 118 cm³/mol. The summed E-state index contributed by atoms with van der Waals surface area (Å²) in [4.78, 5) is 26.4. The zero-order valence-corrected chi connectivity index (χ0v) is 18.9. The van der Waals surface area contributed by atoms with Gasteiger partial charge in [0, 0.05) is 24.7 Å². The number of H-pyrrole nitrogens is 1. The summed E-state index contributed by atoms with van der Waals surface area (Å²) in [5.41, 5.74) is 1.69. The van der Waals surface area contributed by atoms with Crippen molar-refractivity contribution in [1.29, 1.82) is 0 Å². The first-order chi connectivity index (χ1) is 14.3. The van der Waals surface area contributed by atoms with E-state index in [9.17, 15) is 4.79 Å². The van der Waals surface area contributed by atoms with Crippen molar-refractivity contribution in [2.24, 2.45) is 23.7 Å². The molecule has 3 unspecified atom stereocenters. The third-order valence-corrected chi connectivity index (χ3v) is 6.98. The molecular weight excluding hydrogens is 376 g/mol. The molecule has 6 heteroatoms. The summed E-state index contributed by atoms with van der Waals surface area (Å²) in [7, 11) is 0. The molecule has 1 aliphatic heterocycles. The quantitative estimate of drug-likeness (QED) is 0.708. The number of nitrogens with zero attached hydrogens (tertiary/aromatic N) is 3. The van der Waals surface area contributed by atoms with Gasteiger partial charge in [0.25, 0.3) is 0 Å². The van der Waals surface area contributed by atoms with Gasteiger partial charge >= 0.3 is 6.09 Å². The van der Waals surface area contributed by atoms with Crippen molar-refractivity contribution in [3.63, 3.8) is 0 Å². The third-order valence-electron chi connectivity index (χ3n) is 6.98. The second kappa shape index (κ2) is 8.56. The van der Waals surface area contributed by atoms with Gasteiger partial charge in [0.05, 0.1) is 5.69 Å². The molecule has 0 aromatic carbocycles. The predicted octanol–water partition coefficient (Wildman–Crippen LogP) is 5.20. The van der Waals surface area contributed by atoms with Gasteiger partial charge in [-0.25, -0.2) is 14.8 Å². The van der Waals surface area contributed by atoms with E-state index < -0.39 is 5.60 Å². The molecule has 1 amide bonds. The lowest BCUT2D eigenvalue weighted by Crippen LogP contribution is -2.36. The molecule has 2 aromatic rings. The summed E-state index contributed by atoms with van der Waals surface area (Å²) >= 11 is 0. The molecule has 3 heterocycles. The lowest BCUT2D eigenvalue weighted by molar-refractivity contribution is 0.0277. The maximum Gasteiger partial charge on any atom is 0.410 e. The molecule has 2 aromatic heterocycles. The molecule has 2 fully saturated rings. The van der Waals surface area contributed by atoms with E-state index in [1.54, 1.807) is 6.33 Å². The Morgan fingerprint density at radius 1 is 1.27 bits per heavy atom. The Morgan fingerprint density at radius 2 is 2.00 bits per heavy atom. The van der Waals surface area contributed by atoms with Crippen molar-refractivity contribution >= 4 is 17.1 Å². The molecular formula is C24H36N4O2. The minimum absolute atomic E-state index is 0.139. The van der Waals surface area contributed by atoms with Crippen molar-refractivity contribution in [2.45, 2.75) is 71.8 Å². The standard InChI is InChI=1S/C24H36N4O2/c1-5-16(12-21-20-8-9-25-22(20)27-15-26-21)6-7-17-10-18-13-28(14-19(18)11-17)23(29)30-24(2,3)4/h8-9,15-19H,5-7,10-14H2,1-4H3,(H,25,26,27). The van der Waals surface area contributed by atoms with Crippen molar-refractivity contribution in [1.82, 2.24) is 19.9 Å². The van der Waals surface area contributed by atoms with E-state index in [1.807, 2.05) is 31.9 Å². The third kappa shape index (κ3) is 4.79. The van der Waals surface area contributed by atoms with Crippen LogP contribution in [0.15, 0.2) is 18.6 Å². The second-order valence-electron chi connectivity index (χ2n) is 10.4. The van der Waals surface area contributed by atoms with E-state index in [-0.39, 0.29) is 6.09 Å². The highest BCUT2D eigenvalue weighted by atomic mass is 16.6. The fraction of sp³-hybridized carbons (Fsp3) is 0.708. The minimum atomic E-state index is -0.415. The van der Waals surface area contributed by atoms with Crippen LogP contribution >= 0.6 is 0 Å². The van der Waals surface area contributed by atoms with Crippen LogP contribution in [0.25, 0.3) is 11.0 Å². The lowest BCUT2D eigenvalue weighted by Gasteiger charge is -2.25. The van der Waals surface area contributed by atoms with Gasteiger partial charge in [-0.2, -0.15) is 0 Å². The maximum atomic E-state index is 12.4. The Kier molecular flexibility index (Phi) is 6.03. The Labute approximate surface area is 179 Å². The van der Waals surface area contributed by atoms with Gasteiger partial charge in [-0.05, 0) is 76.2 Å². The highest BCUT2D eigenvalue weighted by Crippen LogP contribution is 2.44. The van der Waals surface area contributed by atoms with Crippen molar-refractivity contribution < 1.29 is 9.53 Å². The van der Waals surface area contributed by atoms with Crippen LogP contribution in [0.4, 0.5) is 4.79 Å². The molecule has 0 radical (unpaired) electrons. The fourth-order valence-electron chi connectivity index (χ4n) is 5.42. The first kappa shape index (κ1) is 21.1. The van der Waals surface area contributed by atoms with Crippen LogP contribution < -0.4 is 0 Å². The molecule has 0 spiro atoms. The zero-order chi connectivity index (χ0) is 21.3. The molecule has 3 atom stereocenters. The number of carbonyl (C=O) groups is 1. The molecule has 4 rings (SSSR count). The van der Waals surface area contributed by atoms with Crippen molar-refractivity contribution in [3.8, 4) is 0 Å². The number of carbonyl (C=O) groups excluding carboxylic acids is 1. The van der Waals surface area contributed by atoms with Gasteiger partial charge in [-0.3, -0.25) is 0 Å². The highest BCUT2D eigenvalue weighted by Gasteiger charge is 2.43. The Balaban J connectivity index is 1.26. The minimum Gasteiger partial charge on any atom is -0.444 e. The summed E-state index contributed by atoms with van der Waals surface area (Å²) < 4.78 is 5.56. The van der Waals surface area contributed by atoms with E-state index in [0.717, 1.165) is 36.5 Å². The first-order valence-electron chi connectivity index (χ1n) is 11.6. The van der Waals surface area contributed by atoms with Crippen LogP contribution in [0.5, 0.6) is 0 Å². The summed E-state index contributed by atoms with van der Waals surface area (Å²) in [6.45, 7) is 9.85. The topological polar surface area (TPSA) is 71.1 Å². The van der Waals surface area contributed by atoms with E-state index in [4.69, 9.17) is 4.74 Å². The molecule has 30 heavy (non-hydrogen) atoms. The summed E-state index contributed by atoms with van der Waals surface area (Å²) in [6, 6.07) is 2.09. The summed E-state index contributed by atoms with van der Waals surface area (Å²) in [6.07, 6.45) is 10.8. The molecule has 6 nitrogen and oxygen atoms in total. The Morgan fingerprint density at radius 3 is 2.67 bits per heavy atom. The van der Waals surface area contributed by atoms with Crippen LogP contribution in [-0.2, 0) is 11.2 Å². The number of nitrogens with one attached hydrogen (secondary N) is 1. The van der Waals surface area contributed by atoms with Crippen molar-refractivity contribution in [2.75, 3.05) is 13.1 Å². The molecule has 1 saturated carbocycles. The number of rotatable bonds is 6. The van der Waals surface area contributed by atoms with Crippen LogP contribution in [0, 0.1) is 23.7 Å². The Bertz CT molecular complexity index is 857. The number of aromatic amines is 1. The molecule has 0 bridgehead atoms. The van der Waals surface area contributed by atoms with Crippen LogP contribution in [0.3, 0.4) is 0 Å². The zero-order valence-electron chi connectivity index (χ0n) is 18.9. The molecule has 1 N–H and O–H groups in total. The van der Waals surface area contributed by atoms with Gasteiger partial charge in [-0.1, -0.05) is 19.8 Å². The molecule has 1 saturated heterocycles. The summed E-state index contributed by atoms with van der Waals surface area (Å²) in [5, 5.41) is 1.16. The van der Waals surface area contributed by atoms with Gasteiger partial charge in [0.1, 0.15) is 17.6 Å². The first-order valence-corrected chi connectivity index (χ1v) is 11.6. The largest absolute Gasteiger partial charge is 0.444 e. The number of likely N-dealkylation sites (tertiary alicyclic amines) is 1. The monoisotopic (exact) mass is 412 g/mol. The fourth-order valence-corrected chi connectivity index (χ4v) is 5.42. The van der Waals surface area contributed by atoms with Gasteiger partial charge in [0.15, 0.2) is 0 Å². The van der Waals surface area contributed by atoms with E-state index in [2.05, 4.69) is 27.9 Å². The molecule has 1 aliphatic carbocycles. The number of ether oxygens (including phenoxy) is 1. The molecule has 2 aliphatic rings. The number of aromatic nitrogens is 3. The number of amides is 1. The van der Waals surface area contributed by atoms with Crippen LogP contribution in [0.2, 0.25) is 0 Å². The maximum absolute atomic E-state index is 12.4. The van der Waals surface area contributed by atoms with Gasteiger partial charge in [-0.15, -0.1) is 0 Å². The van der Waals surface area contributed by atoms with Gasteiger partial charge in [0.2, 0.25) is 0 Å². The second-order valence-corrected chi connectivity index (χ2v) is 10.4. The number of hydrogen-bond donors (Lipinski definition) is 1. The average Bonchev–Trinajstić information content (AvgIpc) is 3.38. The lowest BCUT2D eigenvalue weighted by atomic mass is 9.89. The molecule has 164 valence electrons. The van der Waals surface area contributed by atoms with Crippen LogP contribution in [-0.4, -0.2) is 44.6 Å². The number of hydrogen-bond acceptors (Lipinski definition) is 4. The SMILES string of the molecule is CCC(CCC1CC2CN(C(=O)OC(C)(C)C)CC2C1)Cc1ncnc2[nH]ccc12. The Hall–Kier alpha value is -2.11. The van der Waals surface area contributed by atoms with E-state index in [0.29, 0.717) is 17.8 Å². The smallest absolute Gasteiger partial charge is 0.410 e.